The lowest BCUT2D eigenvalue weighted by atomic mass is 9.79. The second-order valence-electron chi connectivity index (χ2n) is 8.43. The van der Waals surface area contributed by atoms with Crippen LogP contribution in [0.2, 0.25) is 0 Å². The van der Waals surface area contributed by atoms with Gasteiger partial charge in [0.25, 0.3) is 0 Å². The van der Waals surface area contributed by atoms with E-state index in [4.69, 9.17) is 5.26 Å². The highest BCUT2D eigenvalue weighted by atomic mass is 19.1. The van der Waals surface area contributed by atoms with Gasteiger partial charge in [-0.25, -0.2) is 4.39 Å². The van der Waals surface area contributed by atoms with Crippen LogP contribution in [-0.4, -0.2) is 0 Å². The summed E-state index contributed by atoms with van der Waals surface area (Å²) in [4.78, 5) is 0. The Bertz CT molecular complexity index is 1060. The van der Waals surface area contributed by atoms with Crippen molar-refractivity contribution in [2.24, 2.45) is 0 Å². The lowest BCUT2D eigenvalue weighted by molar-refractivity contribution is 0.585. The predicted molar refractivity (Wildman–Crippen MR) is 121 cm³/mol. The van der Waals surface area contributed by atoms with Crippen LogP contribution in [-0.2, 0) is 19.3 Å². The molecule has 3 aromatic carbocycles. The van der Waals surface area contributed by atoms with Crippen molar-refractivity contribution in [1.82, 2.24) is 0 Å². The second-order valence-corrected chi connectivity index (χ2v) is 8.43. The van der Waals surface area contributed by atoms with Crippen LogP contribution in [0.5, 0.6) is 0 Å². The summed E-state index contributed by atoms with van der Waals surface area (Å²) in [5.41, 5.74) is 7.60. The molecule has 152 valence electrons. The minimum atomic E-state index is -0.453. The van der Waals surface area contributed by atoms with Gasteiger partial charge in [0.05, 0.1) is 5.56 Å². The highest BCUT2D eigenvalue weighted by Gasteiger charge is 2.20. The largest absolute Gasteiger partial charge is 0.206 e. The molecule has 0 aliphatic heterocycles. The van der Waals surface area contributed by atoms with Gasteiger partial charge in [-0.3, -0.25) is 0 Å². The summed E-state index contributed by atoms with van der Waals surface area (Å²) >= 11 is 0. The van der Waals surface area contributed by atoms with Crippen LogP contribution < -0.4 is 0 Å². The van der Waals surface area contributed by atoms with E-state index in [1.165, 1.54) is 54.0 Å². The van der Waals surface area contributed by atoms with Crippen molar-refractivity contribution in [1.29, 1.82) is 5.26 Å². The van der Waals surface area contributed by atoms with E-state index in [0.717, 1.165) is 30.4 Å². The van der Waals surface area contributed by atoms with E-state index in [9.17, 15) is 4.39 Å². The summed E-state index contributed by atoms with van der Waals surface area (Å²) in [6, 6.07) is 22.5. The van der Waals surface area contributed by atoms with Crippen molar-refractivity contribution in [2.75, 3.05) is 0 Å². The van der Waals surface area contributed by atoms with Crippen molar-refractivity contribution >= 4 is 0 Å². The van der Waals surface area contributed by atoms with Gasteiger partial charge in [-0.1, -0.05) is 68.3 Å². The van der Waals surface area contributed by atoms with E-state index >= 15 is 0 Å². The number of nitriles is 1. The molecule has 1 atom stereocenters. The molecule has 0 bridgehead atoms. The molecule has 1 unspecified atom stereocenters. The molecule has 0 radical (unpaired) electrons. The third kappa shape index (κ3) is 4.46. The topological polar surface area (TPSA) is 23.8 Å². The molecule has 1 nitrogen and oxygen atoms in total. The molecular formula is C28H28FN. The Morgan fingerprint density at radius 1 is 0.933 bits per heavy atom. The number of nitrogens with zero attached hydrogens (tertiary/aromatic N) is 1. The number of rotatable bonds is 6. The summed E-state index contributed by atoms with van der Waals surface area (Å²) in [7, 11) is 0. The lowest BCUT2D eigenvalue weighted by Gasteiger charge is -2.26. The van der Waals surface area contributed by atoms with Crippen LogP contribution in [0.3, 0.4) is 0 Å². The van der Waals surface area contributed by atoms with Crippen LogP contribution in [0.15, 0.2) is 60.7 Å². The minimum absolute atomic E-state index is 0.0935. The molecule has 0 N–H and O–H groups in total. The highest BCUT2D eigenvalue weighted by molar-refractivity contribution is 5.66. The summed E-state index contributed by atoms with van der Waals surface area (Å²) < 4.78 is 14.0. The predicted octanol–water partition coefficient (Wildman–Crippen LogP) is 7.37. The summed E-state index contributed by atoms with van der Waals surface area (Å²) in [5, 5.41) is 8.93. The number of hydrogen-bond acceptors (Lipinski definition) is 1. The average Bonchev–Trinajstić information content (AvgIpc) is 2.79. The Kier molecular flexibility index (Phi) is 6.29. The maximum Gasteiger partial charge on any atom is 0.141 e. The molecule has 0 saturated carbocycles. The summed E-state index contributed by atoms with van der Waals surface area (Å²) in [6.45, 7) is 2.25. The molecule has 0 amide bonds. The third-order valence-corrected chi connectivity index (χ3v) is 6.38. The van der Waals surface area contributed by atoms with Gasteiger partial charge in [0, 0.05) is 0 Å². The number of halogens is 1. The molecule has 0 spiro atoms. The van der Waals surface area contributed by atoms with Gasteiger partial charge in [-0.2, -0.15) is 5.26 Å². The number of hydrogen-bond donors (Lipinski definition) is 0. The zero-order valence-electron chi connectivity index (χ0n) is 17.6. The second kappa shape index (κ2) is 9.26. The van der Waals surface area contributed by atoms with Gasteiger partial charge in [0.15, 0.2) is 0 Å². The standard InChI is InChI=1S/C28H28FN/c1-2-3-4-5-20-6-8-21(9-7-20)22-10-11-24-17-25(13-12-23(24)16-22)26-14-15-27(19-30)28(29)18-26/h6-9,12-15,17-18,22H,2-5,10-11,16H2,1H3. The van der Waals surface area contributed by atoms with Gasteiger partial charge in [0.2, 0.25) is 0 Å². The fourth-order valence-corrected chi connectivity index (χ4v) is 4.54. The van der Waals surface area contributed by atoms with E-state index in [0.29, 0.717) is 5.92 Å². The average molecular weight is 398 g/mol. The Morgan fingerprint density at radius 2 is 1.70 bits per heavy atom. The van der Waals surface area contributed by atoms with Crippen LogP contribution >= 0.6 is 0 Å². The first-order valence-corrected chi connectivity index (χ1v) is 11.1. The summed E-state index contributed by atoms with van der Waals surface area (Å²) in [6.07, 6.45) is 8.28. The summed E-state index contributed by atoms with van der Waals surface area (Å²) in [5.74, 6) is 0.117. The van der Waals surface area contributed by atoms with Crippen molar-refractivity contribution in [3.8, 4) is 17.2 Å². The Hall–Kier alpha value is -2.92. The highest BCUT2D eigenvalue weighted by Crippen LogP contribution is 2.35. The van der Waals surface area contributed by atoms with E-state index in [-0.39, 0.29) is 5.56 Å². The zero-order chi connectivity index (χ0) is 20.9. The van der Waals surface area contributed by atoms with Crippen LogP contribution in [0.25, 0.3) is 11.1 Å². The van der Waals surface area contributed by atoms with Crippen molar-refractivity contribution in [3.05, 3.63) is 94.3 Å². The number of aryl methyl sites for hydroxylation is 2. The fraction of sp³-hybridized carbons (Fsp3) is 0.321. The van der Waals surface area contributed by atoms with Crippen LogP contribution in [0.4, 0.5) is 4.39 Å². The third-order valence-electron chi connectivity index (χ3n) is 6.38. The SMILES string of the molecule is CCCCCc1ccc(C2CCc3cc(-c4ccc(C#N)c(F)c4)ccc3C2)cc1. The molecule has 30 heavy (non-hydrogen) atoms. The molecule has 1 aliphatic rings. The van der Waals surface area contributed by atoms with E-state index in [2.05, 4.69) is 49.4 Å². The normalized spacial score (nSPS) is 15.4. The number of benzene rings is 3. The molecule has 3 aromatic rings. The molecule has 0 fully saturated rings. The quantitative estimate of drug-likeness (QED) is 0.398. The first-order valence-electron chi connectivity index (χ1n) is 11.1. The molecule has 1 aliphatic carbocycles. The van der Waals surface area contributed by atoms with Gasteiger partial charge in [-0.05, 0) is 83.5 Å². The Labute approximate surface area is 179 Å². The minimum Gasteiger partial charge on any atom is -0.206 e. The number of unbranched alkanes of at least 4 members (excludes halogenated alkanes) is 2. The maximum atomic E-state index is 14.0. The van der Waals surface area contributed by atoms with Crippen molar-refractivity contribution < 1.29 is 4.39 Å². The van der Waals surface area contributed by atoms with Gasteiger partial charge >= 0.3 is 0 Å². The molecule has 0 heterocycles. The van der Waals surface area contributed by atoms with Crippen LogP contribution in [0.1, 0.15) is 66.3 Å². The zero-order valence-corrected chi connectivity index (χ0v) is 17.6. The molecule has 4 rings (SSSR count). The molecule has 0 aromatic heterocycles. The van der Waals surface area contributed by atoms with Gasteiger partial charge < -0.3 is 0 Å². The smallest absolute Gasteiger partial charge is 0.141 e. The monoisotopic (exact) mass is 397 g/mol. The fourth-order valence-electron chi connectivity index (χ4n) is 4.54. The molecular weight excluding hydrogens is 369 g/mol. The van der Waals surface area contributed by atoms with Gasteiger partial charge in [-0.15, -0.1) is 0 Å². The lowest BCUT2D eigenvalue weighted by Crippen LogP contribution is -2.13. The van der Waals surface area contributed by atoms with E-state index < -0.39 is 5.82 Å². The molecule has 0 saturated heterocycles. The van der Waals surface area contributed by atoms with Gasteiger partial charge in [0.1, 0.15) is 11.9 Å². The van der Waals surface area contributed by atoms with E-state index in [1.807, 2.05) is 12.1 Å². The van der Waals surface area contributed by atoms with E-state index in [1.54, 1.807) is 6.07 Å². The first kappa shape index (κ1) is 20.4. The first-order chi connectivity index (χ1) is 14.7. The molecule has 2 heteroatoms. The van der Waals surface area contributed by atoms with Crippen LogP contribution in [0, 0.1) is 17.1 Å². The van der Waals surface area contributed by atoms with Crippen molar-refractivity contribution in [2.45, 2.75) is 57.8 Å². The maximum absolute atomic E-state index is 14.0. The van der Waals surface area contributed by atoms with Crippen molar-refractivity contribution in [3.63, 3.8) is 0 Å². The number of fused-ring (bicyclic) bond motifs is 1. The Balaban J connectivity index is 1.47. The Morgan fingerprint density at radius 3 is 2.43 bits per heavy atom.